The molecule has 0 saturated carbocycles. The highest BCUT2D eigenvalue weighted by Gasteiger charge is 2.20. The number of hydrogen-bond acceptors (Lipinski definition) is 4. The first-order chi connectivity index (χ1) is 19.0. The molecule has 7 nitrogen and oxygen atoms in total. The van der Waals surface area contributed by atoms with E-state index < -0.39 is 6.04 Å². The summed E-state index contributed by atoms with van der Waals surface area (Å²) in [6, 6.07) is 20.5. The second kappa shape index (κ2) is 13.1. The zero-order valence-electron chi connectivity index (χ0n) is 22.9. The van der Waals surface area contributed by atoms with Crippen molar-refractivity contribution in [2.45, 2.75) is 39.7 Å². The Balaban J connectivity index is 0.00000441. The minimum Gasteiger partial charge on any atom is -0.493 e. The van der Waals surface area contributed by atoms with Crippen LogP contribution in [-0.2, 0) is 6.42 Å². The molecule has 4 aromatic rings. The molecule has 1 atom stereocenters. The number of amides is 2. The molecule has 1 aromatic heterocycles. The van der Waals surface area contributed by atoms with Gasteiger partial charge in [0.05, 0.1) is 24.8 Å². The van der Waals surface area contributed by atoms with Crippen molar-refractivity contribution in [3.63, 3.8) is 0 Å². The number of nitrogens with one attached hydrogen (secondary N) is 2. The number of aliphatic hydroxyl groups excluding tert-OH is 1. The van der Waals surface area contributed by atoms with Gasteiger partial charge in [0, 0.05) is 37.2 Å². The van der Waals surface area contributed by atoms with Gasteiger partial charge in [0.15, 0.2) is 0 Å². The minimum atomic E-state index is -0.468. The van der Waals surface area contributed by atoms with Gasteiger partial charge in [-0.1, -0.05) is 43.3 Å². The van der Waals surface area contributed by atoms with Crippen LogP contribution >= 0.6 is 0 Å². The fourth-order valence-electron chi connectivity index (χ4n) is 4.71. The van der Waals surface area contributed by atoms with Crippen LogP contribution in [0.1, 0.15) is 54.9 Å². The molecule has 4 rings (SSSR count). The molecule has 0 bridgehead atoms. The molecule has 0 spiro atoms. The van der Waals surface area contributed by atoms with E-state index in [1.165, 1.54) is 0 Å². The number of H-pyrrole nitrogens is 1. The van der Waals surface area contributed by atoms with Gasteiger partial charge >= 0.3 is 0 Å². The first-order valence-electron chi connectivity index (χ1n) is 13.6. The molecule has 2 amide bonds. The number of nitrogens with zero attached hydrogens (tertiary/aromatic N) is 1. The van der Waals surface area contributed by atoms with Crippen LogP contribution < -0.4 is 10.1 Å². The Morgan fingerprint density at radius 3 is 2.41 bits per heavy atom. The molecule has 39 heavy (non-hydrogen) atoms. The summed E-state index contributed by atoms with van der Waals surface area (Å²) in [5.74, 6) is 0.186. The number of benzene rings is 3. The molecule has 1 heterocycles. The van der Waals surface area contributed by atoms with Crippen LogP contribution in [0.15, 0.2) is 72.9 Å². The molecule has 0 fully saturated rings. The van der Waals surface area contributed by atoms with Crippen molar-refractivity contribution in [2.75, 3.05) is 26.3 Å². The molecular formula is C32H39N3O4. The maximum atomic E-state index is 13.5. The van der Waals surface area contributed by atoms with Crippen LogP contribution in [0, 0.1) is 0 Å². The maximum Gasteiger partial charge on any atom is 0.255 e. The molecule has 0 saturated heterocycles. The summed E-state index contributed by atoms with van der Waals surface area (Å²) >= 11 is 0. The summed E-state index contributed by atoms with van der Waals surface area (Å²) in [6.45, 7) is 7.55. The van der Waals surface area contributed by atoms with Crippen LogP contribution in [0.3, 0.4) is 0 Å². The van der Waals surface area contributed by atoms with E-state index >= 15 is 0 Å². The summed E-state index contributed by atoms with van der Waals surface area (Å²) in [7, 11) is 0. The number of hydrogen-bond donors (Lipinski definition) is 3. The highest BCUT2D eigenvalue weighted by Crippen LogP contribution is 2.28. The molecule has 3 N–H and O–H groups in total. The average molecular weight is 530 g/mol. The predicted octanol–water partition coefficient (Wildman–Crippen LogP) is 5.69. The van der Waals surface area contributed by atoms with Gasteiger partial charge in [0.1, 0.15) is 5.75 Å². The Bertz CT molecular complexity index is 1410. The van der Waals surface area contributed by atoms with Crippen LogP contribution in [0.5, 0.6) is 5.75 Å². The minimum absolute atomic E-state index is 0. The van der Waals surface area contributed by atoms with Gasteiger partial charge in [0.25, 0.3) is 11.8 Å². The number of aromatic nitrogens is 1. The van der Waals surface area contributed by atoms with Crippen molar-refractivity contribution < 1.29 is 20.9 Å². The lowest BCUT2D eigenvalue weighted by atomic mass is 10.00. The monoisotopic (exact) mass is 529 g/mol. The van der Waals surface area contributed by atoms with Gasteiger partial charge in [-0.3, -0.25) is 9.59 Å². The van der Waals surface area contributed by atoms with Crippen molar-refractivity contribution in [2.24, 2.45) is 0 Å². The predicted molar refractivity (Wildman–Crippen MR) is 157 cm³/mol. The standard InChI is InChI=1S/C32H37N3O4.H2/c1-4-17-39-30-16-15-24(22-11-13-23(14-12-22)32(38)35(5-2)6-3)19-28(30)31(37)34-26(21-36)18-25-20-33-29-10-8-7-9-27(25)29;/h7-16,19-20,26,33,36H,4-6,17-18,21H2,1-3H3,(H,34,37);1H/t26-;/m0./s1. The van der Waals surface area contributed by atoms with Crippen molar-refractivity contribution in [3.8, 4) is 16.9 Å². The van der Waals surface area contributed by atoms with Crippen LogP contribution in [-0.4, -0.2) is 59.1 Å². The summed E-state index contributed by atoms with van der Waals surface area (Å²) in [4.78, 5) is 31.2. The second-order valence-electron chi connectivity index (χ2n) is 9.53. The Morgan fingerprint density at radius 2 is 1.72 bits per heavy atom. The second-order valence-corrected chi connectivity index (χ2v) is 9.53. The molecule has 0 aliphatic heterocycles. The summed E-state index contributed by atoms with van der Waals surface area (Å²) in [6.07, 6.45) is 3.22. The van der Waals surface area contributed by atoms with E-state index in [-0.39, 0.29) is 19.8 Å². The average Bonchev–Trinajstić information content (AvgIpc) is 3.38. The van der Waals surface area contributed by atoms with E-state index in [4.69, 9.17) is 4.74 Å². The Kier molecular flexibility index (Phi) is 9.39. The SMILES string of the molecule is CCCOc1ccc(-c2ccc(C(=O)N(CC)CC)cc2)cc1C(=O)N[C@H](CO)Cc1c[nH]c2ccccc12.[HH]. The lowest BCUT2D eigenvalue weighted by molar-refractivity contribution is 0.0772. The number of ether oxygens (including phenoxy) is 1. The summed E-state index contributed by atoms with van der Waals surface area (Å²) in [5.41, 5.74) is 4.81. The molecule has 0 radical (unpaired) electrons. The molecule has 206 valence electrons. The van der Waals surface area contributed by atoms with E-state index in [9.17, 15) is 14.7 Å². The number of aliphatic hydroxyl groups is 1. The van der Waals surface area contributed by atoms with E-state index in [1.807, 2.05) is 93.7 Å². The molecule has 0 aliphatic rings. The maximum absolute atomic E-state index is 13.5. The lowest BCUT2D eigenvalue weighted by Crippen LogP contribution is -2.39. The Hall–Kier alpha value is -4.10. The highest BCUT2D eigenvalue weighted by atomic mass is 16.5. The number of rotatable bonds is 12. The van der Waals surface area contributed by atoms with Gasteiger partial charge in [-0.05, 0) is 73.7 Å². The summed E-state index contributed by atoms with van der Waals surface area (Å²) in [5, 5.41) is 14.2. The van der Waals surface area contributed by atoms with Gasteiger partial charge in [-0.15, -0.1) is 0 Å². The zero-order valence-corrected chi connectivity index (χ0v) is 22.9. The van der Waals surface area contributed by atoms with Crippen molar-refractivity contribution >= 4 is 22.7 Å². The largest absolute Gasteiger partial charge is 0.493 e. The quantitative estimate of drug-likeness (QED) is 0.220. The fourth-order valence-corrected chi connectivity index (χ4v) is 4.71. The number of carbonyl (C=O) groups is 2. The normalized spacial score (nSPS) is 11.8. The number of aromatic amines is 1. The van der Waals surface area contributed by atoms with Crippen molar-refractivity contribution in [1.82, 2.24) is 15.2 Å². The van der Waals surface area contributed by atoms with E-state index in [2.05, 4.69) is 10.3 Å². The van der Waals surface area contributed by atoms with Crippen LogP contribution in [0.25, 0.3) is 22.0 Å². The first-order valence-corrected chi connectivity index (χ1v) is 13.6. The third-order valence-electron chi connectivity index (χ3n) is 6.90. The zero-order chi connectivity index (χ0) is 27.8. The third kappa shape index (κ3) is 6.49. The third-order valence-corrected chi connectivity index (χ3v) is 6.90. The summed E-state index contributed by atoms with van der Waals surface area (Å²) < 4.78 is 5.90. The Labute approximate surface area is 231 Å². The molecule has 0 aliphatic carbocycles. The smallest absolute Gasteiger partial charge is 0.255 e. The van der Waals surface area contributed by atoms with Crippen molar-refractivity contribution in [1.29, 1.82) is 0 Å². The van der Waals surface area contributed by atoms with Gasteiger partial charge in [-0.25, -0.2) is 0 Å². The van der Waals surface area contributed by atoms with E-state index in [0.717, 1.165) is 34.0 Å². The Morgan fingerprint density at radius 1 is 1.00 bits per heavy atom. The number of fused-ring (bicyclic) bond motifs is 1. The van der Waals surface area contributed by atoms with Crippen LogP contribution in [0.2, 0.25) is 0 Å². The number of para-hydroxylation sites is 1. The van der Waals surface area contributed by atoms with Gasteiger partial charge in [-0.2, -0.15) is 0 Å². The van der Waals surface area contributed by atoms with Gasteiger partial charge in [0.2, 0.25) is 0 Å². The lowest BCUT2D eigenvalue weighted by Gasteiger charge is -2.19. The molecule has 0 unspecified atom stereocenters. The topological polar surface area (TPSA) is 94.7 Å². The molecule has 3 aromatic carbocycles. The first kappa shape index (κ1) is 27.9. The van der Waals surface area contributed by atoms with Crippen molar-refractivity contribution in [3.05, 3.63) is 89.6 Å². The van der Waals surface area contributed by atoms with E-state index in [1.54, 1.807) is 4.90 Å². The molecular weight excluding hydrogens is 490 g/mol. The van der Waals surface area contributed by atoms with E-state index in [0.29, 0.717) is 43.0 Å². The van der Waals surface area contributed by atoms with Crippen LogP contribution in [0.4, 0.5) is 0 Å². The number of carbonyl (C=O) groups excluding carboxylic acids is 2. The highest BCUT2D eigenvalue weighted by molar-refractivity contribution is 5.99. The van der Waals surface area contributed by atoms with Gasteiger partial charge < -0.3 is 25.0 Å². The fraction of sp³-hybridized carbons (Fsp3) is 0.312. The molecule has 7 heteroatoms.